The van der Waals surface area contributed by atoms with Crippen molar-refractivity contribution in [3.63, 3.8) is 0 Å². The van der Waals surface area contributed by atoms with E-state index in [1.807, 2.05) is 4.90 Å². The van der Waals surface area contributed by atoms with Gasteiger partial charge in [-0.15, -0.1) is 0 Å². The number of hydrogen-bond donors (Lipinski definition) is 4. The fraction of sp³-hybridized carbons (Fsp3) is 0.400. The second-order valence-corrected chi connectivity index (χ2v) is 9.44. The topological polar surface area (TPSA) is 178 Å². The van der Waals surface area contributed by atoms with Gasteiger partial charge in [0.2, 0.25) is 17.8 Å². The van der Waals surface area contributed by atoms with Gasteiger partial charge in [-0.05, 0) is 18.2 Å². The summed E-state index contributed by atoms with van der Waals surface area (Å²) in [6.45, 7) is 2.75. The van der Waals surface area contributed by atoms with Crippen molar-refractivity contribution in [2.45, 2.75) is 9.79 Å². The standard InChI is InChI=1S/C15H21N7O6S2/c1-21(2)14-18-13(19-15(20-14)22-7-5-16-6-8-22)17-11-9-10(29(23,24)25)3-4-12(11)30(26,27)28/h3-4,9,16H,5-8H2,1-2H3,(H,23,24,25)(H,26,27,28)(H,17,18,19,20). The minimum absolute atomic E-state index is 0.0698. The molecule has 4 N–H and O–H groups in total. The Morgan fingerprint density at radius 3 is 2.27 bits per heavy atom. The summed E-state index contributed by atoms with van der Waals surface area (Å²) in [7, 11) is -5.91. The highest BCUT2D eigenvalue weighted by atomic mass is 32.2. The van der Waals surface area contributed by atoms with E-state index < -0.39 is 30.0 Å². The molecule has 0 amide bonds. The molecule has 1 fully saturated rings. The SMILES string of the molecule is CN(C)c1nc(Nc2cc(S(=O)(=O)O)ccc2S(=O)(=O)O)nc(N2CCNCC2)n1. The molecule has 164 valence electrons. The van der Waals surface area contributed by atoms with Crippen LogP contribution < -0.4 is 20.4 Å². The van der Waals surface area contributed by atoms with Crippen LogP contribution in [0.5, 0.6) is 0 Å². The van der Waals surface area contributed by atoms with Crippen molar-refractivity contribution in [1.29, 1.82) is 0 Å². The van der Waals surface area contributed by atoms with Gasteiger partial charge in [0.25, 0.3) is 20.2 Å². The first-order valence-corrected chi connectivity index (χ1v) is 11.6. The minimum atomic E-state index is -4.71. The molecule has 30 heavy (non-hydrogen) atoms. The smallest absolute Gasteiger partial charge is 0.296 e. The van der Waals surface area contributed by atoms with Gasteiger partial charge in [-0.2, -0.15) is 31.8 Å². The zero-order valence-electron chi connectivity index (χ0n) is 16.1. The van der Waals surface area contributed by atoms with Gasteiger partial charge in [-0.25, -0.2) is 0 Å². The average molecular weight is 460 g/mol. The Morgan fingerprint density at radius 2 is 1.70 bits per heavy atom. The fourth-order valence-corrected chi connectivity index (χ4v) is 3.86. The third-order valence-corrected chi connectivity index (χ3v) is 5.95. The van der Waals surface area contributed by atoms with Crippen LogP contribution in [0.2, 0.25) is 0 Å². The summed E-state index contributed by atoms with van der Waals surface area (Å²) in [5.74, 6) is 0.553. The largest absolute Gasteiger partial charge is 0.347 e. The lowest BCUT2D eigenvalue weighted by Gasteiger charge is -2.28. The molecular weight excluding hydrogens is 438 g/mol. The number of nitrogens with one attached hydrogen (secondary N) is 2. The Balaban J connectivity index is 2.09. The Labute approximate surface area is 173 Å². The number of nitrogens with zero attached hydrogens (tertiary/aromatic N) is 5. The van der Waals surface area contributed by atoms with E-state index in [1.54, 1.807) is 19.0 Å². The van der Waals surface area contributed by atoms with Crippen LogP contribution in [0.15, 0.2) is 28.0 Å². The lowest BCUT2D eigenvalue weighted by atomic mass is 10.3. The number of hydrogen-bond acceptors (Lipinski definition) is 11. The molecule has 1 aromatic carbocycles. The van der Waals surface area contributed by atoms with Crippen molar-refractivity contribution < 1.29 is 25.9 Å². The van der Waals surface area contributed by atoms with Crippen molar-refractivity contribution in [2.75, 3.05) is 55.4 Å². The van der Waals surface area contributed by atoms with Crippen LogP contribution in [0.25, 0.3) is 0 Å². The molecule has 1 aliphatic rings. The lowest BCUT2D eigenvalue weighted by molar-refractivity contribution is 0.479. The summed E-state index contributed by atoms with van der Waals surface area (Å²) in [5.41, 5.74) is -0.324. The fourth-order valence-electron chi connectivity index (χ4n) is 2.73. The van der Waals surface area contributed by atoms with Gasteiger partial charge in [0, 0.05) is 40.3 Å². The monoisotopic (exact) mass is 459 g/mol. The Hall–Kier alpha value is -2.59. The normalized spacial score (nSPS) is 15.1. The average Bonchev–Trinajstić information content (AvgIpc) is 2.67. The maximum absolute atomic E-state index is 11.7. The number of anilines is 4. The summed E-state index contributed by atoms with van der Waals surface area (Å²) in [6.07, 6.45) is 0. The molecular formula is C15H21N7O6S2. The van der Waals surface area contributed by atoms with Crippen molar-refractivity contribution in [1.82, 2.24) is 20.3 Å². The Kier molecular flexibility index (Phi) is 6.09. The molecule has 0 bridgehead atoms. The highest BCUT2D eigenvalue weighted by Crippen LogP contribution is 2.28. The van der Waals surface area contributed by atoms with Crippen molar-refractivity contribution in [3.8, 4) is 0 Å². The van der Waals surface area contributed by atoms with Gasteiger partial charge in [0.1, 0.15) is 4.90 Å². The molecule has 0 spiro atoms. The molecule has 2 heterocycles. The van der Waals surface area contributed by atoms with E-state index in [1.165, 1.54) is 0 Å². The van der Waals surface area contributed by atoms with Gasteiger partial charge < -0.3 is 20.4 Å². The molecule has 3 rings (SSSR count). The van der Waals surface area contributed by atoms with Crippen LogP contribution >= 0.6 is 0 Å². The molecule has 0 saturated carbocycles. The van der Waals surface area contributed by atoms with Gasteiger partial charge >= 0.3 is 0 Å². The number of aromatic nitrogens is 3. The molecule has 2 aromatic rings. The maximum atomic E-state index is 11.7. The Morgan fingerprint density at radius 1 is 1.03 bits per heavy atom. The second kappa shape index (κ2) is 8.27. The molecule has 0 radical (unpaired) electrons. The first-order chi connectivity index (χ1) is 13.9. The van der Waals surface area contributed by atoms with E-state index >= 15 is 0 Å². The second-order valence-electron chi connectivity index (χ2n) is 6.62. The summed E-state index contributed by atoms with van der Waals surface area (Å²) >= 11 is 0. The van der Waals surface area contributed by atoms with E-state index in [0.717, 1.165) is 31.3 Å². The van der Waals surface area contributed by atoms with Gasteiger partial charge in [0.15, 0.2) is 0 Å². The van der Waals surface area contributed by atoms with E-state index in [9.17, 15) is 25.9 Å². The number of rotatable bonds is 6. The Bertz CT molecular complexity index is 1150. The van der Waals surface area contributed by atoms with E-state index in [4.69, 9.17) is 0 Å². The molecule has 0 unspecified atom stereocenters. The first-order valence-electron chi connectivity index (χ1n) is 8.70. The van der Waals surface area contributed by atoms with Crippen LogP contribution in [-0.2, 0) is 20.2 Å². The van der Waals surface area contributed by atoms with Crippen molar-refractivity contribution >= 4 is 43.8 Å². The zero-order valence-corrected chi connectivity index (χ0v) is 17.8. The summed E-state index contributed by atoms with van der Waals surface area (Å²) in [6, 6.07) is 2.57. The summed E-state index contributed by atoms with van der Waals surface area (Å²) in [5, 5.41) is 5.83. The molecule has 1 aliphatic heterocycles. The quantitative estimate of drug-likeness (QED) is 0.410. The highest BCUT2D eigenvalue weighted by molar-refractivity contribution is 7.86. The third-order valence-electron chi connectivity index (χ3n) is 4.18. The van der Waals surface area contributed by atoms with E-state index in [2.05, 4.69) is 25.6 Å². The summed E-state index contributed by atoms with van der Waals surface area (Å²) in [4.78, 5) is 15.2. The van der Waals surface area contributed by atoms with Crippen LogP contribution in [0.1, 0.15) is 0 Å². The predicted molar refractivity (Wildman–Crippen MR) is 109 cm³/mol. The molecule has 1 aromatic heterocycles. The summed E-state index contributed by atoms with van der Waals surface area (Å²) < 4.78 is 65.1. The van der Waals surface area contributed by atoms with Crippen molar-refractivity contribution in [3.05, 3.63) is 18.2 Å². The molecule has 1 saturated heterocycles. The zero-order chi connectivity index (χ0) is 22.1. The first kappa shape index (κ1) is 22.1. The third kappa shape index (κ3) is 5.11. The van der Waals surface area contributed by atoms with Gasteiger partial charge in [0.05, 0.1) is 10.6 Å². The van der Waals surface area contributed by atoms with E-state index in [-0.39, 0.29) is 17.6 Å². The van der Waals surface area contributed by atoms with Crippen LogP contribution in [0.4, 0.5) is 23.5 Å². The minimum Gasteiger partial charge on any atom is -0.347 e. The highest BCUT2D eigenvalue weighted by Gasteiger charge is 2.22. The lowest BCUT2D eigenvalue weighted by Crippen LogP contribution is -2.44. The molecule has 0 aliphatic carbocycles. The predicted octanol–water partition coefficient (Wildman–Crippen LogP) is -0.416. The van der Waals surface area contributed by atoms with Crippen LogP contribution in [-0.4, -0.2) is 81.2 Å². The van der Waals surface area contributed by atoms with Gasteiger partial charge in [-0.1, -0.05) is 0 Å². The van der Waals surface area contributed by atoms with Crippen LogP contribution in [0, 0.1) is 0 Å². The molecule has 13 nitrogen and oxygen atoms in total. The molecule has 15 heteroatoms. The van der Waals surface area contributed by atoms with Crippen LogP contribution in [0.3, 0.4) is 0 Å². The van der Waals surface area contributed by atoms with Crippen molar-refractivity contribution in [2.24, 2.45) is 0 Å². The number of piperazine rings is 1. The van der Waals surface area contributed by atoms with Gasteiger partial charge in [-0.3, -0.25) is 9.11 Å². The van der Waals surface area contributed by atoms with E-state index in [0.29, 0.717) is 19.0 Å². The number of benzene rings is 1. The molecule has 0 atom stereocenters. The maximum Gasteiger partial charge on any atom is 0.296 e.